The maximum absolute atomic E-state index is 12.2. The Balaban J connectivity index is 2.10. The molecule has 148 valence electrons. The molecule has 0 spiro atoms. The number of nitriles is 1. The molecule has 8 nitrogen and oxygen atoms in total. The largest absolute Gasteiger partial charge is 0.348 e. The Labute approximate surface area is 172 Å². The molecule has 0 saturated heterocycles. The lowest BCUT2D eigenvalue weighted by Crippen LogP contribution is -2.24. The molecular formula is C22H17N5O3. The van der Waals surface area contributed by atoms with Crippen LogP contribution in [0.5, 0.6) is 0 Å². The van der Waals surface area contributed by atoms with Crippen LogP contribution in [0.25, 0.3) is 23.0 Å². The third-order valence-electron chi connectivity index (χ3n) is 4.19. The van der Waals surface area contributed by atoms with Gasteiger partial charge in [0.05, 0.1) is 10.6 Å². The third-order valence-corrected chi connectivity index (χ3v) is 4.19. The van der Waals surface area contributed by atoms with E-state index in [2.05, 4.69) is 17.0 Å². The average Bonchev–Trinajstić information content (AvgIpc) is 3.20. The molecule has 3 aromatic rings. The Morgan fingerprint density at radius 1 is 1.23 bits per heavy atom. The first-order valence-corrected chi connectivity index (χ1v) is 8.94. The molecule has 1 amide bonds. The van der Waals surface area contributed by atoms with Crippen LogP contribution >= 0.6 is 0 Å². The van der Waals surface area contributed by atoms with Crippen molar-refractivity contribution in [3.05, 3.63) is 94.7 Å². The SMILES string of the molecule is C=CCNC(=O)C(C#N)=Cc1cn(-c2ccccc2)nc1-c1ccc([N+](=O)[O-])cc1. The van der Waals surface area contributed by atoms with Crippen LogP contribution in [0, 0.1) is 21.4 Å². The number of hydrogen-bond acceptors (Lipinski definition) is 5. The van der Waals surface area contributed by atoms with E-state index in [4.69, 9.17) is 0 Å². The third kappa shape index (κ3) is 4.48. The zero-order valence-corrected chi connectivity index (χ0v) is 15.9. The summed E-state index contributed by atoms with van der Waals surface area (Å²) in [4.78, 5) is 22.7. The van der Waals surface area contributed by atoms with Crippen LogP contribution in [0.1, 0.15) is 5.56 Å². The Morgan fingerprint density at radius 3 is 2.53 bits per heavy atom. The van der Waals surface area contributed by atoms with Crippen LogP contribution in [0.2, 0.25) is 0 Å². The molecule has 0 unspecified atom stereocenters. The molecule has 2 aromatic carbocycles. The molecule has 0 fully saturated rings. The average molecular weight is 399 g/mol. The molecule has 0 aliphatic rings. The van der Waals surface area contributed by atoms with Crippen molar-refractivity contribution in [1.29, 1.82) is 5.26 Å². The normalized spacial score (nSPS) is 10.8. The van der Waals surface area contributed by atoms with Gasteiger partial charge in [-0.05, 0) is 30.3 Å². The molecule has 0 saturated carbocycles. The minimum atomic E-state index is -0.528. The number of benzene rings is 2. The molecular weight excluding hydrogens is 382 g/mol. The van der Waals surface area contributed by atoms with Crippen LogP contribution < -0.4 is 5.32 Å². The second-order valence-corrected chi connectivity index (χ2v) is 6.19. The van der Waals surface area contributed by atoms with E-state index in [-0.39, 0.29) is 17.8 Å². The fourth-order valence-corrected chi connectivity index (χ4v) is 2.74. The highest BCUT2D eigenvalue weighted by atomic mass is 16.6. The van der Waals surface area contributed by atoms with Gasteiger partial charge in [0.2, 0.25) is 0 Å². The first-order chi connectivity index (χ1) is 14.5. The van der Waals surface area contributed by atoms with E-state index in [0.717, 1.165) is 5.69 Å². The summed E-state index contributed by atoms with van der Waals surface area (Å²) in [6.07, 6.45) is 4.66. The minimum Gasteiger partial charge on any atom is -0.348 e. The summed E-state index contributed by atoms with van der Waals surface area (Å²) in [5, 5.41) is 27.5. The van der Waals surface area contributed by atoms with Gasteiger partial charge in [0.15, 0.2) is 0 Å². The predicted molar refractivity (Wildman–Crippen MR) is 112 cm³/mol. The van der Waals surface area contributed by atoms with Gasteiger partial charge < -0.3 is 5.32 Å². The number of nitrogens with zero attached hydrogens (tertiary/aromatic N) is 4. The zero-order valence-electron chi connectivity index (χ0n) is 15.9. The Bertz CT molecular complexity index is 1160. The summed E-state index contributed by atoms with van der Waals surface area (Å²) in [5.74, 6) is -0.528. The fourth-order valence-electron chi connectivity index (χ4n) is 2.74. The van der Waals surface area contributed by atoms with Gasteiger partial charge in [-0.1, -0.05) is 24.3 Å². The molecule has 30 heavy (non-hydrogen) atoms. The number of para-hydroxylation sites is 1. The van der Waals surface area contributed by atoms with Crippen molar-refractivity contribution >= 4 is 17.7 Å². The van der Waals surface area contributed by atoms with Crippen molar-refractivity contribution in [3.63, 3.8) is 0 Å². The van der Waals surface area contributed by atoms with Crippen LogP contribution in [-0.2, 0) is 4.79 Å². The summed E-state index contributed by atoms with van der Waals surface area (Å²) in [5.41, 5.74) is 2.28. The second-order valence-electron chi connectivity index (χ2n) is 6.19. The molecule has 0 radical (unpaired) electrons. The lowest BCUT2D eigenvalue weighted by molar-refractivity contribution is -0.384. The highest BCUT2D eigenvalue weighted by Gasteiger charge is 2.16. The minimum absolute atomic E-state index is 0.0418. The van der Waals surface area contributed by atoms with Crippen LogP contribution in [0.3, 0.4) is 0 Å². The number of carbonyl (C=O) groups is 1. The van der Waals surface area contributed by atoms with Crippen molar-refractivity contribution in [1.82, 2.24) is 15.1 Å². The van der Waals surface area contributed by atoms with Gasteiger partial charge in [0.25, 0.3) is 11.6 Å². The maximum atomic E-state index is 12.2. The standard InChI is InChI=1S/C22H17N5O3/c1-2-12-24-22(28)17(14-23)13-18-15-26(19-6-4-3-5-7-19)25-21(18)16-8-10-20(11-9-16)27(29)30/h2-11,13,15H,1,12H2,(H,24,28). The van der Waals surface area contributed by atoms with Gasteiger partial charge in [-0.2, -0.15) is 10.4 Å². The summed E-state index contributed by atoms with van der Waals surface area (Å²) in [7, 11) is 0. The lowest BCUT2D eigenvalue weighted by atomic mass is 10.1. The Hall–Kier alpha value is -4.51. The van der Waals surface area contributed by atoms with Crippen molar-refractivity contribution < 1.29 is 9.72 Å². The van der Waals surface area contributed by atoms with Gasteiger partial charge in [0.1, 0.15) is 17.3 Å². The van der Waals surface area contributed by atoms with Gasteiger partial charge in [0, 0.05) is 36.0 Å². The molecule has 1 heterocycles. The van der Waals surface area contributed by atoms with Gasteiger partial charge in [-0.15, -0.1) is 6.58 Å². The van der Waals surface area contributed by atoms with Crippen LogP contribution in [0.4, 0.5) is 5.69 Å². The number of non-ortho nitro benzene ring substituents is 1. The first kappa shape index (κ1) is 20.2. The van der Waals surface area contributed by atoms with E-state index in [1.165, 1.54) is 24.3 Å². The molecule has 1 aromatic heterocycles. The van der Waals surface area contributed by atoms with E-state index < -0.39 is 10.8 Å². The highest BCUT2D eigenvalue weighted by molar-refractivity contribution is 6.02. The molecule has 1 N–H and O–H groups in total. The van der Waals surface area contributed by atoms with E-state index >= 15 is 0 Å². The molecule has 0 atom stereocenters. The molecule has 0 aliphatic carbocycles. The quantitative estimate of drug-likeness (QED) is 0.214. The molecule has 3 rings (SSSR count). The van der Waals surface area contributed by atoms with Gasteiger partial charge in [-0.3, -0.25) is 14.9 Å². The summed E-state index contributed by atoms with van der Waals surface area (Å²) < 4.78 is 1.62. The lowest BCUT2D eigenvalue weighted by Gasteiger charge is -2.02. The monoisotopic (exact) mass is 399 g/mol. The van der Waals surface area contributed by atoms with E-state index in [0.29, 0.717) is 16.8 Å². The van der Waals surface area contributed by atoms with E-state index in [9.17, 15) is 20.2 Å². The number of nitro benzene ring substituents is 1. The highest BCUT2D eigenvalue weighted by Crippen LogP contribution is 2.27. The first-order valence-electron chi connectivity index (χ1n) is 8.94. The van der Waals surface area contributed by atoms with E-state index in [1.54, 1.807) is 23.0 Å². The Morgan fingerprint density at radius 2 is 1.93 bits per heavy atom. The molecule has 0 aliphatic heterocycles. The number of hydrogen-bond donors (Lipinski definition) is 1. The zero-order chi connectivity index (χ0) is 21.5. The van der Waals surface area contributed by atoms with Crippen molar-refractivity contribution in [2.75, 3.05) is 6.54 Å². The maximum Gasteiger partial charge on any atom is 0.269 e. The van der Waals surface area contributed by atoms with E-state index in [1.807, 2.05) is 36.4 Å². The number of amides is 1. The number of carbonyl (C=O) groups excluding carboxylic acids is 1. The topological polar surface area (TPSA) is 114 Å². The van der Waals surface area contributed by atoms with Gasteiger partial charge >= 0.3 is 0 Å². The Kier molecular flexibility index (Phi) is 6.15. The molecule has 8 heteroatoms. The molecule has 0 bridgehead atoms. The van der Waals surface area contributed by atoms with Crippen LogP contribution in [0.15, 0.2) is 79.0 Å². The second kappa shape index (κ2) is 9.12. The number of nitro groups is 1. The van der Waals surface area contributed by atoms with Crippen molar-refractivity contribution in [2.45, 2.75) is 0 Å². The smallest absolute Gasteiger partial charge is 0.269 e. The summed E-state index contributed by atoms with van der Waals surface area (Å²) >= 11 is 0. The fraction of sp³-hybridized carbons (Fsp3) is 0.0455. The number of rotatable bonds is 7. The predicted octanol–water partition coefficient (Wildman–Crippen LogP) is 3.66. The van der Waals surface area contributed by atoms with Crippen molar-refractivity contribution in [2.24, 2.45) is 0 Å². The summed E-state index contributed by atoms with van der Waals surface area (Å²) in [6.45, 7) is 3.77. The summed E-state index contributed by atoms with van der Waals surface area (Å²) in [6, 6.07) is 17.2. The van der Waals surface area contributed by atoms with Crippen molar-refractivity contribution in [3.8, 4) is 23.0 Å². The number of aromatic nitrogens is 2. The van der Waals surface area contributed by atoms with Crippen LogP contribution in [-0.4, -0.2) is 27.2 Å². The van der Waals surface area contributed by atoms with Gasteiger partial charge in [-0.25, -0.2) is 4.68 Å². The number of nitrogens with one attached hydrogen (secondary N) is 1.